The Morgan fingerprint density at radius 3 is 2.70 bits per heavy atom. The second-order valence-electron chi connectivity index (χ2n) is 4.88. The molecule has 0 aromatic heterocycles. The van der Waals surface area contributed by atoms with Crippen LogP contribution in [0.25, 0.3) is 0 Å². The fraction of sp³-hybridized carbons (Fsp3) is 0.462. The van der Waals surface area contributed by atoms with E-state index in [1.807, 2.05) is 0 Å². The standard InChI is InChI=1S/C13H18N2O3S2/c1-9-7-11(3-4-12(9)13(14)19)20(16,17)15(2)10-5-6-18-8-10/h3-4,7,10H,5-6,8H2,1-2H3,(H2,14,19). The van der Waals surface area contributed by atoms with Gasteiger partial charge >= 0.3 is 0 Å². The van der Waals surface area contributed by atoms with Gasteiger partial charge < -0.3 is 10.5 Å². The topological polar surface area (TPSA) is 72.6 Å². The number of hydrogen-bond donors (Lipinski definition) is 1. The second-order valence-corrected chi connectivity index (χ2v) is 7.32. The van der Waals surface area contributed by atoms with Gasteiger partial charge in [0.1, 0.15) is 4.99 Å². The lowest BCUT2D eigenvalue weighted by molar-refractivity contribution is 0.181. The third kappa shape index (κ3) is 2.85. The van der Waals surface area contributed by atoms with Gasteiger partial charge in [-0.2, -0.15) is 4.31 Å². The van der Waals surface area contributed by atoms with Crippen molar-refractivity contribution >= 4 is 27.2 Å². The largest absolute Gasteiger partial charge is 0.389 e. The highest BCUT2D eigenvalue weighted by molar-refractivity contribution is 7.89. The van der Waals surface area contributed by atoms with Gasteiger partial charge in [0.05, 0.1) is 17.5 Å². The molecule has 0 amide bonds. The summed E-state index contributed by atoms with van der Waals surface area (Å²) in [6, 6.07) is 4.71. The molecule has 5 nitrogen and oxygen atoms in total. The van der Waals surface area contributed by atoms with Crippen LogP contribution >= 0.6 is 12.2 Å². The van der Waals surface area contributed by atoms with Crippen LogP contribution in [0.1, 0.15) is 17.5 Å². The maximum absolute atomic E-state index is 12.6. The zero-order chi connectivity index (χ0) is 14.9. The number of rotatable bonds is 4. The molecule has 0 bridgehead atoms. The molecule has 0 aliphatic carbocycles. The molecule has 1 aromatic carbocycles. The fourth-order valence-electron chi connectivity index (χ4n) is 2.24. The number of nitrogens with two attached hydrogens (primary N) is 1. The summed E-state index contributed by atoms with van der Waals surface area (Å²) in [7, 11) is -1.93. The maximum atomic E-state index is 12.6. The van der Waals surface area contributed by atoms with E-state index in [0.29, 0.717) is 18.8 Å². The van der Waals surface area contributed by atoms with E-state index in [9.17, 15) is 8.42 Å². The van der Waals surface area contributed by atoms with Gasteiger partial charge in [-0.3, -0.25) is 0 Å². The summed E-state index contributed by atoms with van der Waals surface area (Å²) in [6.45, 7) is 2.84. The number of sulfonamides is 1. The summed E-state index contributed by atoms with van der Waals surface area (Å²) >= 11 is 4.93. The first kappa shape index (κ1) is 15.4. The zero-order valence-corrected chi connectivity index (χ0v) is 13.1. The Hall–Kier alpha value is -1.02. The molecule has 1 aliphatic heterocycles. The summed E-state index contributed by atoms with van der Waals surface area (Å²) in [6.07, 6.45) is 0.722. The quantitative estimate of drug-likeness (QED) is 0.841. The monoisotopic (exact) mass is 314 g/mol. The van der Waals surface area contributed by atoms with Crippen molar-refractivity contribution in [2.45, 2.75) is 24.3 Å². The van der Waals surface area contributed by atoms with Gasteiger partial charge in [0.25, 0.3) is 0 Å². The second kappa shape index (κ2) is 5.77. The van der Waals surface area contributed by atoms with Crippen LogP contribution < -0.4 is 5.73 Å². The molecule has 110 valence electrons. The van der Waals surface area contributed by atoms with E-state index < -0.39 is 10.0 Å². The summed E-state index contributed by atoms with van der Waals surface area (Å²) in [5, 5.41) is 0. The van der Waals surface area contributed by atoms with Crippen LogP contribution in [-0.4, -0.2) is 44.0 Å². The Morgan fingerprint density at radius 2 is 2.20 bits per heavy atom. The van der Waals surface area contributed by atoms with Crippen LogP contribution in [0.2, 0.25) is 0 Å². The Kier molecular flexibility index (Phi) is 4.43. The molecule has 0 radical (unpaired) electrons. The van der Waals surface area contributed by atoms with Gasteiger partial charge in [-0.05, 0) is 31.0 Å². The van der Waals surface area contributed by atoms with Crippen LogP contribution in [0.3, 0.4) is 0 Å². The SMILES string of the molecule is Cc1cc(S(=O)(=O)N(C)C2CCOC2)ccc1C(N)=S. The van der Waals surface area contributed by atoms with Gasteiger partial charge in [0.2, 0.25) is 10.0 Å². The van der Waals surface area contributed by atoms with Gasteiger partial charge in [-0.25, -0.2) is 8.42 Å². The summed E-state index contributed by atoms with van der Waals surface area (Å²) in [4.78, 5) is 0.522. The van der Waals surface area contributed by atoms with Crippen molar-refractivity contribution < 1.29 is 13.2 Å². The maximum Gasteiger partial charge on any atom is 0.243 e. The van der Waals surface area contributed by atoms with Gasteiger partial charge in [-0.1, -0.05) is 18.3 Å². The van der Waals surface area contributed by atoms with Crippen LogP contribution in [0, 0.1) is 6.92 Å². The molecule has 20 heavy (non-hydrogen) atoms. The molecule has 1 heterocycles. The first-order chi connectivity index (χ1) is 9.34. The van der Waals surface area contributed by atoms with E-state index in [1.165, 1.54) is 4.31 Å². The highest BCUT2D eigenvalue weighted by atomic mass is 32.2. The minimum atomic E-state index is -3.52. The molecular formula is C13H18N2O3S2. The summed E-state index contributed by atoms with van der Waals surface area (Å²) < 4.78 is 31.7. The van der Waals surface area contributed by atoms with Crippen LogP contribution in [0.4, 0.5) is 0 Å². The van der Waals surface area contributed by atoms with Gasteiger partial charge in [0, 0.05) is 19.2 Å². The third-order valence-electron chi connectivity index (χ3n) is 3.56. The third-order valence-corrected chi connectivity index (χ3v) is 5.69. The van der Waals surface area contributed by atoms with Crippen molar-refractivity contribution in [1.82, 2.24) is 4.31 Å². The van der Waals surface area contributed by atoms with Crippen LogP contribution in [0.5, 0.6) is 0 Å². The van der Waals surface area contributed by atoms with E-state index in [-0.39, 0.29) is 15.9 Å². The molecule has 7 heteroatoms. The van der Waals surface area contributed by atoms with Crippen molar-refractivity contribution in [3.63, 3.8) is 0 Å². The molecule has 1 fully saturated rings. The molecule has 1 aliphatic rings. The molecule has 2 rings (SSSR count). The van der Waals surface area contributed by atoms with Crippen LogP contribution in [0.15, 0.2) is 23.1 Å². The molecule has 1 unspecified atom stereocenters. The predicted octanol–water partition coefficient (Wildman–Crippen LogP) is 1.04. The normalized spacial score (nSPS) is 19.4. The van der Waals surface area contributed by atoms with Gasteiger partial charge in [0.15, 0.2) is 0 Å². The number of ether oxygens (including phenoxy) is 1. The average Bonchev–Trinajstić information content (AvgIpc) is 2.90. The average molecular weight is 314 g/mol. The van der Waals surface area contributed by atoms with E-state index in [0.717, 1.165) is 12.0 Å². The number of likely N-dealkylation sites (N-methyl/N-ethyl adjacent to an activating group) is 1. The number of benzene rings is 1. The molecule has 1 atom stereocenters. The van der Waals surface area contributed by atoms with Crippen molar-refractivity contribution in [2.75, 3.05) is 20.3 Å². The van der Waals surface area contributed by atoms with Crippen molar-refractivity contribution in [2.24, 2.45) is 5.73 Å². The molecule has 1 saturated heterocycles. The Morgan fingerprint density at radius 1 is 1.50 bits per heavy atom. The number of aryl methyl sites for hydroxylation is 1. The first-order valence-electron chi connectivity index (χ1n) is 6.30. The van der Waals surface area contributed by atoms with E-state index >= 15 is 0 Å². The Labute approximate surface area is 124 Å². The Balaban J connectivity index is 2.34. The molecule has 2 N–H and O–H groups in total. The molecular weight excluding hydrogens is 296 g/mol. The number of nitrogens with zero attached hydrogens (tertiary/aromatic N) is 1. The minimum absolute atomic E-state index is 0.101. The predicted molar refractivity (Wildman–Crippen MR) is 81.2 cm³/mol. The van der Waals surface area contributed by atoms with Crippen molar-refractivity contribution in [1.29, 1.82) is 0 Å². The fourth-order valence-corrected chi connectivity index (χ4v) is 3.93. The lowest BCUT2D eigenvalue weighted by Gasteiger charge is -2.23. The van der Waals surface area contributed by atoms with Gasteiger partial charge in [-0.15, -0.1) is 0 Å². The lowest BCUT2D eigenvalue weighted by Crippen LogP contribution is -2.37. The van der Waals surface area contributed by atoms with E-state index in [4.69, 9.17) is 22.7 Å². The highest BCUT2D eigenvalue weighted by Crippen LogP contribution is 2.22. The smallest absolute Gasteiger partial charge is 0.243 e. The lowest BCUT2D eigenvalue weighted by atomic mass is 10.1. The number of hydrogen-bond acceptors (Lipinski definition) is 4. The first-order valence-corrected chi connectivity index (χ1v) is 8.15. The van der Waals surface area contributed by atoms with Crippen molar-refractivity contribution in [3.8, 4) is 0 Å². The minimum Gasteiger partial charge on any atom is -0.389 e. The highest BCUT2D eigenvalue weighted by Gasteiger charge is 2.30. The molecule has 0 spiro atoms. The van der Waals surface area contributed by atoms with Crippen molar-refractivity contribution in [3.05, 3.63) is 29.3 Å². The molecule has 0 saturated carbocycles. The molecule has 1 aromatic rings. The Bertz CT molecular complexity index is 623. The zero-order valence-electron chi connectivity index (χ0n) is 11.5. The summed E-state index contributed by atoms with van der Waals surface area (Å²) in [5.74, 6) is 0. The van der Waals surface area contributed by atoms with E-state index in [2.05, 4.69) is 0 Å². The number of thiocarbonyl (C=S) groups is 1. The summed E-state index contributed by atoms with van der Waals surface area (Å²) in [5.41, 5.74) is 7.05. The van der Waals surface area contributed by atoms with E-state index in [1.54, 1.807) is 32.2 Å². The van der Waals surface area contributed by atoms with Crippen LogP contribution in [-0.2, 0) is 14.8 Å².